The Hall–Kier alpha value is -2.08. The van der Waals surface area contributed by atoms with Crippen LogP contribution in [0.25, 0.3) is 10.9 Å². The predicted molar refractivity (Wildman–Crippen MR) is 69.1 cm³/mol. The molecule has 0 bridgehead atoms. The molecule has 1 aromatic carbocycles. The van der Waals surface area contributed by atoms with Gasteiger partial charge < -0.3 is 4.74 Å². The number of nitrogens with zero attached hydrogens (tertiary/aromatic N) is 2. The van der Waals surface area contributed by atoms with E-state index in [1.807, 2.05) is 25.1 Å². The van der Waals surface area contributed by atoms with Crippen LogP contribution in [0.3, 0.4) is 0 Å². The molecule has 0 saturated carbocycles. The Labute approximate surface area is 105 Å². The number of rotatable bonds is 2. The number of hydrogen-bond acceptors (Lipinski definition) is 4. The number of amides is 1. The number of benzene rings is 1. The summed E-state index contributed by atoms with van der Waals surface area (Å²) >= 11 is 0. The molecule has 96 valence electrons. The fourth-order valence-electron chi connectivity index (χ4n) is 1.75. The zero-order chi connectivity index (χ0) is 13.3. The fourth-order valence-corrected chi connectivity index (χ4v) is 1.75. The highest BCUT2D eigenvalue weighted by Gasteiger charge is 2.20. The van der Waals surface area contributed by atoms with Gasteiger partial charge >= 0.3 is 6.09 Å². The van der Waals surface area contributed by atoms with Crippen LogP contribution in [0.5, 0.6) is 0 Å². The van der Waals surface area contributed by atoms with Gasteiger partial charge in [-0.1, -0.05) is 12.1 Å². The Morgan fingerprint density at radius 2 is 2.22 bits per heavy atom. The number of nitrogens with one attached hydrogen (secondary N) is 1. The van der Waals surface area contributed by atoms with Crippen LogP contribution >= 0.6 is 0 Å². The molecule has 0 aliphatic rings. The van der Waals surface area contributed by atoms with Crippen molar-refractivity contribution in [3.05, 3.63) is 23.8 Å². The topological polar surface area (TPSA) is 84.2 Å². The summed E-state index contributed by atoms with van der Waals surface area (Å²) in [6.45, 7) is 5.46. The van der Waals surface area contributed by atoms with Crippen LogP contribution < -0.4 is 10.9 Å². The average Bonchev–Trinajstić information content (AvgIpc) is 2.72. The quantitative estimate of drug-likeness (QED) is 0.484. The zero-order valence-electron chi connectivity index (χ0n) is 10.6. The first-order valence-corrected chi connectivity index (χ1v) is 5.70. The largest absolute Gasteiger partial charge is 0.445 e. The number of hydrogen-bond donors (Lipinski definition) is 2. The van der Waals surface area contributed by atoms with Gasteiger partial charge in [-0.15, -0.1) is 0 Å². The summed E-state index contributed by atoms with van der Waals surface area (Å²) in [5.41, 5.74) is 1.82. The van der Waals surface area contributed by atoms with Crippen LogP contribution in [-0.2, 0) is 4.74 Å². The van der Waals surface area contributed by atoms with Crippen molar-refractivity contribution in [2.24, 2.45) is 5.84 Å². The van der Waals surface area contributed by atoms with Crippen molar-refractivity contribution in [1.82, 2.24) is 10.2 Å². The normalized spacial score (nSPS) is 10.9. The summed E-state index contributed by atoms with van der Waals surface area (Å²) < 4.78 is 5.03. The summed E-state index contributed by atoms with van der Waals surface area (Å²) in [5.74, 6) is 6.11. The van der Waals surface area contributed by atoms with Crippen molar-refractivity contribution >= 4 is 22.8 Å². The van der Waals surface area contributed by atoms with Gasteiger partial charge in [0.1, 0.15) is 0 Å². The van der Waals surface area contributed by atoms with E-state index in [0.29, 0.717) is 5.82 Å². The monoisotopic (exact) mass is 248 g/mol. The number of H-pyrrole nitrogens is 1. The fraction of sp³-hybridized carbons (Fsp3) is 0.333. The summed E-state index contributed by atoms with van der Waals surface area (Å²) in [6, 6.07) is 5.72. The Morgan fingerprint density at radius 3 is 2.89 bits per heavy atom. The van der Waals surface area contributed by atoms with Gasteiger partial charge in [0.15, 0.2) is 5.82 Å². The smallest absolute Gasteiger partial charge is 0.430 e. The van der Waals surface area contributed by atoms with Crippen molar-refractivity contribution in [3.8, 4) is 0 Å². The van der Waals surface area contributed by atoms with Gasteiger partial charge in [0.2, 0.25) is 0 Å². The molecule has 6 nitrogen and oxygen atoms in total. The van der Waals surface area contributed by atoms with E-state index < -0.39 is 6.09 Å². The highest BCUT2D eigenvalue weighted by Crippen LogP contribution is 2.26. The molecule has 0 unspecified atom stereocenters. The van der Waals surface area contributed by atoms with Gasteiger partial charge in [0.05, 0.1) is 11.6 Å². The van der Waals surface area contributed by atoms with E-state index in [1.165, 1.54) is 0 Å². The molecular weight excluding hydrogens is 232 g/mol. The number of hydrazine groups is 1. The Bertz CT molecular complexity index is 576. The molecule has 2 aromatic rings. The number of fused-ring (bicyclic) bond motifs is 1. The number of nitrogens with two attached hydrogens (primary N) is 1. The maximum atomic E-state index is 11.7. The van der Waals surface area contributed by atoms with Gasteiger partial charge in [-0.2, -0.15) is 10.1 Å². The SMILES string of the molecule is Cc1cccc2[nH]nc(N(N)C(=O)OC(C)C)c12. The molecule has 1 heterocycles. The van der Waals surface area contributed by atoms with Crippen molar-refractivity contribution in [1.29, 1.82) is 0 Å². The number of carbonyl (C=O) groups is 1. The standard InChI is InChI=1S/C12H16N4O2/c1-7(2)18-12(17)16(13)11-10-8(3)5-4-6-9(10)14-15-11/h4-7H,13H2,1-3H3,(H,14,15). The lowest BCUT2D eigenvalue weighted by molar-refractivity contribution is 0.122. The van der Waals surface area contributed by atoms with Crippen LogP contribution in [0, 0.1) is 6.92 Å². The van der Waals surface area contributed by atoms with Crippen LogP contribution in [0.1, 0.15) is 19.4 Å². The molecule has 2 rings (SSSR count). The molecule has 0 fully saturated rings. The highest BCUT2D eigenvalue weighted by molar-refractivity contribution is 5.99. The van der Waals surface area contributed by atoms with Crippen LogP contribution in [0.4, 0.5) is 10.6 Å². The van der Waals surface area contributed by atoms with E-state index in [1.54, 1.807) is 13.8 Å². The minimum atomic E-state index is -0.623. The number of ether oxygens (including phenoxy) is 1. The molecule has 18 heavy (non-hydrogen) atoms. The zero-order valence-corrected chi connectivity index (χ0v) is 10.6. The Morgan fingerprint density at radius 1 is 1.50 bits per heavy atom. The number of aromatic amines is 1. The lowest BCUT2D eigenvalue weighted by atomic mass is 10.1. The first-order valence-electron chi connectivity index (χ1n) is 5.70. The molecule has 0 aliphatic carbocycles. The molecule has 0 atom stereocenters. The molecule has 0 aliphatic heterocycles. The minimum Gasteiger partial charge on any atom is -0.445 e. The number of aryl methyl sites for hydroxylation is 1. The molecule has 0 radical (unpaired) electrons. The van der Waals surface area contributed by atoms with Crippen LogP contribution in [0.15, 0.2) is 18.2 Å². The third kappa shape index (κ3) is 2.14. The van der Waals surface area contributed by atoms with Crippen molar-refractivity contribution in [2.75, 3.05) is 5.01 Å². The van der Waals surface area contributed by atoms with Gasteiger partial charge in [-0.25, -0.2) is 10.6 Å². The molecule has 1 aromatic heterocycles. The summed E-state index contributed by atoms with van der Waals surface area (Å²) in [7, 11) is 0. The van der Waals surface area contributed by atoms with E-state index in [2.05, 4.69) is 10.2 Å². The highest BCUT2D eigenvalue weighted by atomic mass is 16.6. The molecule has 0 saturated heterocycles. The summed E-state index contributed by atoms with van der Waals surface area (Å²) in [5, 5.41) is 8.64. The molecule has 3 N–H and O–H groups in total. The van der Waals surface area contributed by atoms with Gasteiger partial charge in [0, 0.05) is 5.39 Å². The second-order valence-electron chi connectivity index (χ2n) is 4.35. The number of carbonyl (C=O) groups excluding carboxylic acids is 1. The number of aromatic nitrogens is 2. The lowest BCUT2D eigenvalue weighted by Gasteiger charge is -2.16. The van der Waals surface area contributed by atoms with E-state index in [4.69, 9.17) is 10.6 Å². The van der Waals surface area contributed by atoms with Gasteiger partial charge in [0.25, 0.3) is 0 Å². The van der Waals surface area contributed by atoms with E-state index >= 15 is 0 Å². The van der Waals surface area contributed by atoms with E-state index in [0.717, 1.165) is 21.5 Å². The van der Waals surface area contributed by atoms with Crippen molar-refractivity contribution < 1.29 is 9.53 Å². The predicted octanol–water partition coefficient (Wildman–Crippen LogP) is 2.10. The minimum absolute atomic E-state index is 0.227. The Kier molecular flexibility index (Phi) is 3.20. The third-order valence-corrected chi connectivity index (χ3v) is 2.54. The van der Waals surface area contributed by atoms with E-state index in [9.17, 15) is 4.79 Å². The Balaban J connectivity index is 2.39. The summed E-state index contributed by atoms with van der Waals surface area (Å²) in [6.07, 6.45) is -0.850. The van der Waals surface area contributed by atoms with Gasteiger partial charge in [-0.05, 0) is 32.4 Å². The first kappa shape index (κ1) is 12.4. The third-order valence-electron chi connectivity index (χ3n) is 2.54. The van der Waals surface area contributed by atoms with Gasteiger partial charge in [-0.3, -0.25) is 5.10 Å². The second-order valence-corrected chi connectivity index (χ2v) is 4.35. The maximum Gasteiger partial charge on any atom is 0.430 e. The van der Waals surface area contributed by atoms with Crippen LogP contribution in [0.2, 0.25) is 0 Å². The molecule has 0 spiro atoms. The van der Waals surface area contributed by atoms with Crippen molar-refractivity contribution in [2.45, 2.75) is 26.9 Å². The molecular formula is C12H16N4O2. The maximum absolute atomic E-state index is 11.7. The first-order chi connectivity index (χ1) is 8.50. The van der Waals surface area contributed by atoms with Crippen LogP contribution in [-0.4, -0.2) is 22.4 Å². The van der Waals surface area contributed by atoms with E-state index in [-0.39, 0.29) is 6.10 Å². The molecule has 1 amide bonds. The molecule has 6 heteroatoms. The number of anilines is 1. The van der Waals surface area contributed by atoms with Crippen molar-refractivity contribution in [3.63, 3.8) is 0 Å². The average molecular weight is 248 g/mol. The lowest BCUT2D eigenvalue weighted by Crippen LogP contribution is -2.39. The summed E-state index contributed by atoms with van der Waals surface area (Å²) in [4.78, 5) is 11.7. The second kappa shape index (κ2) is 4.66.